The molecule has 0 atom stereocenters. The lowest BCUT2D eigenvalue weighted by atomic mass is 10.1. The van der Waals surface area contributed by atoms with E-state index < -0.39 is 5.91 Å². The number of amides is 1. The Morgan fingerprint density at radius 2 is 1.79 bits per heavy atom. The topological polar surface area (TPSA) is 57.8 Å². The first-order chi connectivity index (χ1) is 16.4. The van der Waals surface area contributed by atoms with Gasteiger partial charge in [-0.05, 0) is 73.5 Å². The van der Waals surface area contributed by atoms with Crippen molar-refractivity contribution < 1.29 is 4.79 Å². The number of nitriles is 1. The van der Waals surface area contributed by atoms with E-state index in [1.807, 2.05) is 80.7 Å². The number of benzene rings is 3. The van der Waals surface area contributed by atoms with Crippen LogP contribution in [-0.2, 0) is 11.3 Å². The number of carbonyl (C=O) groups is 1. The number of thioether (sulfide) groups is 1. The average molecular weight is 486 g/mol. The van der Waals surface area contributed by atoms with E-state index >= 15 is 0 Å². The summed E-state index contributed by atoms with van der Waals surface area (Å²) >= 11 is 7.73. The van der Waals surface area contributed by atoms with Crippen molar-refractivity contribution in [2.24, 2.45) is 0 Å². The molecule has 170 valence electrons. The number of hydrogen-bond acceptors (Lipinski definition) is 3. The van der Waals surface area contributed by atoms with Crippen molar-refractivity contribution in [3.8, 4) is 6.07 Å². The fraction of sp³-hybridized carbons (Fsp3) is 0.143. The van der Waals surface area contributed by atoms with Crippen molar-refractivity contribution in [2.45, 2.75) is 25.3 Å². The summed E-state index contributed by atoms with van der Waals surface area (Å²) in [6, 6.07) is 23.7. The van der Waals surface area contributed by atoms with Gasteiger partial charge in [0.25, 0.3) is 5.91 Å². The highest BCUT2D eigenvalue weighted by Gasteiger charge is 2.13. The number of para-hydroxylation sites is 1. The predicted molar refractivity (Wildman–Crippen MR) is 142 cm³/mol. The second-order valence-electron chi connectivity index (χ2n) is 8.10. The molecule has 0 unspecified atom stereocenters. The van der Waals surface area contributed by atoms with Crippen LogP contribution in [0.25, 0.3) is 17.0 Å². The third-order valence-corrected chi connectivity index (χ3v) is 6.62. The van der Waals surface area contributed by atoms with E-state index in [1.165, 1.54) is 0 Å². The lowest BCUT2D eigenvalue weighted by Crippen LogP contribution is -2.13. The SMILES string of the molecule is Cc1cc(C)cc(NC(=O)/C(C#N)=C\c2cn(CCSc3ccc(Cl)cc3)c3ccccc23)c1. The number of aryl methyl sites for hydroxylation is 3. The minimum atomic E-state index is -0.414. The number of hydrogen-bond donors (Lipinski definition) is 1. The Labute approximate surface area is 208 Å². The molecule has 0 fully saturated rings. The zero-order chi connectivity index (χ0) is 24.1. The number of rotatable bonds is 7. The molecule has 4 rings (SSSR count). The van der Waals surface area contributed by atoms with Crippen LogP contribution in [0.5, 0.6) is 0 Å². The van der Waals surface area contributed by atoms with Crippen LogP contribution in [0.2, 0.25) is 5.02 Å². The molecule has 6 heteroatoms. The van der Waals surface area contributed by atoms with E-state index in [9.17, 15) is 10.1 Å². The summed E-state index contributed by atoms with van der Waals surface area (Å²) in [5.41, 5.74) is 4.77. The molecule has 4 nitrogen and oxygen atoms in total. The molecule has 0 bridgehead atoms. The fourth-order valence-corrected chi connectivity index (χ4v) is 4.90. The molecule has 1 N–H and O–H groups in total. The second-order valence-corrected chi connectivity index (χ2v) is 9.70. The van der Waals surface area contributed by atoms with Gasteiger partial charge in [-0.2, -0.15) is 5.26 Å². The van der Waals surface area contributed by atoms with Crippen LogP contribution in [-0.4, -0.2) is 16.2 Å². The molecule has 0 radical (unpaired) electrons. The molecule has 1 heterocycles. The van der Waals surface area contributed by atoms with Crippen LogP contribution < -0.4 is 5.32 Å². The van der Waals surface area contributed by atoms with E-state index in [4.69, 9.17) is 11.6 Å². The molecular formula is C28H24ClN3OS. The Morgan fingerprint density at radius 1 is 1.09 bits per heavy atom. The van der Waals surface area contributed by atoms with E-state index in [1.54, 1.807) is 17.8 Å². The third kappa shape index (κ3) is 5.72. The zero-order valence-electron chi connectivity index (χ0n) is 19.0. The maximum atomic E-state index is 12.8. The van der Waals surface area contributed by atoms with Crippen molar-refractivity contribution in [1.82, 2.24) is 4.57 Å². The Bertz CT molecular complexity index is 1390. The van der Waals surface area contributed by atoms with E-state index in [2.05, 4.69) is 22.0 Å². The lowest BCUT2D eigenvalue weighted by Gasteiger charge is -2.07. The highest BCUT2D eigenvalue weighted by molar-refractivity contribution is 7.99. The fourth-order valence-electron chi connectivity index (χ4n) is 3.92. The van der Waals surface area contributed by atoms with Gasteiger partial charge in [0.15, 0.2) is 0 Å². The molecule has 0 aliphatic carbocycles. The predicted octanol–water partition coefficient (Wildman–Crippen LogP) is 7.25. The lowest BCUT2D eigenvalue weighted by molar-refractivity contribution is -0.112. The van der Waals surface area contributed by atoms with Crippen LogP contribution in [0.4, 0.5) is 5.69 Å². The van der Waals surface area contributed by atoms with Gasteiger partial charge in [0.1, 0.15) is 11.6 Å². The van der Waals surface area contributed by atoms with Crippen molar-refractivity contribution in [2.75, 3.05) is 11.1 Å². The number of nitrogens with zero attached hydrogens (tertiary/aromatic N) is 2. The largest absolute Gasteiger partial charge is 0.346 e. The standard InChI is InChI=1S/C28H24ClN3OS/c1-19-13-20(2)15-24(14-19)31-28(33)21(17-30)16-22-18-32(27-6-4-3-5-26(22)27)11-12-34-25-9-7-23(29)8-10-25/h3-10,13-16,18H,11-12H2,1-2H3,(H,31,33)/b21-16-. The van der Waals surface area contributed by atoms with Gasteiger partial charge in [0, 0.05) is 50.6 Å². The zero-order valence-corrected chi connectivity index (χ0v) is 20.6. The highest BCUT2D eigenvalue weighted by Crippen LogP contribution is 2.26. The number of anilines is 1. The monoisotopic (exact) mass is 485 g/mol. The minimum Gasteiger partial charge on any atom is -0.346 e. The molecule has 0 aliphatic rings. The number of halogens is 1. The first-order valence-corrected chi connectivity index (χ1v) is 12.3. The Kier molecular flexibility index (Phi) is 7.42. The first kappa shape index (κ1) is 23.7. The molecule has 0 saturated carbocycles. The number of aromatic nitrogens is 1. The van der Waals surface area contributed by atoms with Crippen LogP contribution in [0, 0.1) is 25.2 Å². The maximum absolute atomic E-state index is 12.8. The summed E-state index contributed by atoms with van der Waals surface area (Å²) in [5, 5.41) is 14.3. The molecule has 1 aromatic heterocycles. The number of carbonyl (C=O) groups excluding carboxylic acids is 1. The minimum absolute atomic E-state index is 0.0672. The molecule has 34 heavy (non-hydrogen) atoms. The van der Waals surface area contributed by atoms with Crippen molar-refractivity contribution in [3.63, 3.8) is 0 Å². The van der Waals surface area contributed by atoms with Crippen LogP contribution >= 0.6 is 23.4 Å². The summed E-state index contributed by atoms with van der Waals surface area (Å²) < 4.78 is 2.17. The van der Waals surface area contributed by atoms with Gasteiger partial charge in [-0.25, -0.2) is 0 Å². The van der Waals surface area contributed by atoms with Crippen molar-refractivity contribution >= 4 is 51.9 Å². The van der Waals surface area contributed by atoms with Crippen LogP contribution in [0.15, 0.2) is 83.4 Å². The summed E-state index contributed by atoms with van der Waals surface area (Å²) in [6.07, 6.45) is 3.68. The van der Waals surface area contributed by atoms with Gasteiger partial charge in [0.05, 0.1) is 0 Å². The molecule has 0 aliphatic heterocycles. The summed E-state index contributed by atoms with van der Waals surface area (Å²) in [6.45, 7) is 4.74. The first-order valence-electron chi connectivity index (χ1n) is 10.9. The molecule has 0 saturated heterocycles. The number of nitrogens with one attached hydrogen (secondary N) is 1. The highest BCUT2D eigenvalue weighted by atomic mass is 35.5. The van der Waals surface area contributed by atoms with E-state index in [0.717, 1.165) is 49.8 Å². The van der Waals surface area contributed by atoms with Gasteiger partial charge in [-0.1, -0.05) is 35.9 Å². The van der Waals surface area contributed by atoms with Gasteiger partial charge in [-0.3, -0.25) is 4.79 Å². The molecule has 3 aromatic carbocycles. The van der Waals surface area contributed by atoms with E-state index in [0.29, 0.717) is 5.69 Å². The molecule has 4 aromatic rings. The summed E-state index contributed by atoms with van der Waals surface area (Å²) in [7, 11) is 0. The van der Waals surface area contributed by atoms with Gasteiger partial charge in [0.2, 0.25) is 0 Å². The molecule has 0 spiro atoms. The Balaban J connectivity index is 1.55. The molecular weight excluding hydrogens is 462 g/mol. The Hall–Kier alpha value is -3.46. The quantitative estimate of drug-likeness (QED) is 0.170. The normalized spacial score (nSPS) is 11.4. The third-order valence-electron chi connectivity index (χ3n) is 5.38. The second kappa shape index (κ2) is 10.6. The summed E-state index contributed by atoms with van der Waals surface area (Å²) in [4.78, 5) is 14.0. The maximum Gasteiger partial charge on any atom is 0.266 e. The van der Waals surface area contributed by atoms with Gasteiger partial charge >= 0.3 is 0 Å². The van der Waals surface area contributed by atoms with Gasteiger partial charge < -0.3 is 9.88 Å². The smallest absolute Gasteiger partial charge is 0.266 e. The van der Waals surface area contributed by atoms with E-state index in [-0.39, 0.29) is 5.57 Å². The van der Waals surface area contributed by atoms with Gasteiger partial charge in [-0.15, -0.1) is 11.8 Å². The van der Waals surface area contributed by atoms with Crippen molar-refractivity contribution in [1.29, 1.82) is 5.26 Å². The Morgan fingerprint density at radius 3 is 2.50 bits per heavy atom. The average Bonchev–Trinajstić information content (AvgIpc) is 3.15. The van der Waals surface area contributed by atoms with Crippen LogP contribution in [0.3, 0.4) is 0 Å². The number of fused-ring (bicyclic) bond motifs is 1. The van der Waals surface area contributed by atoms with Crippen LogP contribution in [0.1, 0.15) is 16.7 Å². The molecule has 1 amide bonds. The summed E-state index contributed by atoms with van der Waals surface area (Å²) in [5.74, 6) is 0.463. The van der Waals surface area contributed by atoms with Crippen molar-refractivity contribution in [3.05, 3.63) is 100 Å².